The SMILES string of the molecule is CCOC(=O)c1cc2c(cn1)CNCC2CC(C)C. The summed E-state index contributed by atoms with van der Waals surface area (Å²) in [7, 11) is 0. The van der Waals surface area contributed by atoms with E-state index < -0.39 is 0 Å². The number of carbonyl (C=O) groups excluding carboxylic acids is 1. The van der Waals surface area contributed by atoms with Crippen LogP contribution in [0.3, 0.4) is 0 Å². The molecule has 0 aliphatic carbocycles. The second kappa shape index (κ2) is 6.15. The molecule has 0 saturated heterocycles. The van der Waals surface area contributed by atoms with Gasteiger partial charge in [0, 0.05) is 19.3 Å². The molecule has 0 fully saturated rings. The maximum Gasteiger partial charge on any atom is 0.356 e. The van der Waals surface area contributed by atoms with Crippen molar-refractivity contribution in [2.75, 3.05) is 13.2 Å². The molecule has 1 aliphatic rings. The molecule has 1 unspecified atom stereocenters. The van der Waals surface area contributed by atoms with Gasteiger partial charge in [-0.15, -0.1) is 0 Å². The van der Waals surface area contributed by atoms with Crippen LogP contribution in [0.15, 0.2) is 12.3 Å². The van der Waals surface area contributed by atoms with Gasteiger partial charge in [-0.25, -0.2) is 9.78 Å². The molecule has 1 aromatic heterocycles. The lowest BCUT2D eigenvalue weighted by Crippen LogP contribution is -2.29. The van der Waals surface area contributed by atoms with Gasteiger partial charge in [-0.2, -0.15) is 0 Å². The molecule has 0 amide bonds. The molecule has 1 aromatic rings. The maximum atomic E-state index is 11.8. The van der Waals surface area contributed by atoms with Crippen LogP contribution in [0.4, 0.5) is 0 Å². The number of fused-ring (bicyclic) bond motifs is 1. The minimum atomic E-state index is -0.327. The van der Waals surface area contributed by atoms with E-state index in [0.29, 0.717) is 24.1 Å². The maximum absolute atomic E-state index is 11.8. The zero-order chi connectivity index (χ0) is 13.8. The molecule has 2 heterocycles. The van der Waals surface area contributed by atoms with Crippen LogP contribution in [0, 0.1) is 5.92 Å². The van der Waals surface area contributed by atoms with E-state index in [1.54, 1.807) is 6.20 Å². The Kier molecular flexibility index (Phi) is 4.53. The fourth-order valence-corrected chi connectivity index (χ4v) is 2.61. The molecule has 0 aromatic carbocycles. The Bertz CT molecular complexity index is 457. The highest BCUT2D eigenvalue weighted by molar-refractivity contribution is 5.87. The highest BCUT2D eigenvalue weighted by atomic mass is 16.5. The number of ether oxygens (including phenoxy) is 1. The van der Waals surface area contributed by atoms with E-state index in [2.05, 4.69) is 24.1 Å². The van der Waals surface area contributed by atoms with Gasteiger partial charge in [0.15, 0.2) is 0 Å². The molecule has 0 saturated carbocycles. The third kappa shape index (κ3) is 3.32. The lowest BCUT2D eigenvalue weighted by atomic mass is 9.85. The van der Waals surface area contributed by atoms with Crippen LogP contribution in [-0.2, 0) is 11.3 Å². The first-order valence-corrected chi connectivity index (χ1v) is 6.98. The normalized spacial score (nSPS) is 18.2. The van der Waals surface area contributed by atoms with Crippen molar-refractivity contribution in [1.29, 1.82) is 0 Å². The van der Waals surface area contributed by atoms with Crippen molar-refractivity contribution in [3.05, 3.63) is 29.1 Å². The van der Waals surface area contributed by atoms with E-state index in [-0.39, 0.29) is 5.97 Å². The van der Waals surface area contributed by atoms with Crippen LogP contribution in [0.5, 0.6) is 0 Å². The van der Waals surface area contributed by atoms with Crippen LogP contribution in [0.2, 0.25) is 0 Å². The monoisotopic (exact) mass is 262 g/mol. The smallest absolute Gasteiger partial charge is 0.356 e. The zero-order valence-electron chi connectivity index (χ0n) is 11.9. The first kappa shape index (κ1) is 14.0. The quantitative estimate of drug-likeness (QED) is 0.847. The second-order valence-corrected chi connectivity index (χ2v) is 5.45. The standard InChI is InChI=1S/C15H22N2O2/c1-4-19-15(18)14-6-13-11(5-10(2)3)7-16-8-12(13)9-17-14/h6,9-11,16H,4-5,7-8H2,1-3H3. The number of nitrogens with zero attached hydrogens (tertiary/aromatic N) is 1. The lowest BCUT2D eigenvalue weighted by Gasteiger charge is -2.27. The number of rotatable bonds is 4. The summed E-state index contributed by atoms with van der Waals surface area (Å²) in [6.07, 6.45) is 2.92. The van der Waals surface area contributed by atoms with Crippen molar-refractivity contribution in [3.8, 4) is 0 Å². The van der Waals surface area contributed by atoms with Crippen LogP contribution in [0.1, 0.15) is 54.7 Å². The summed E-state index contributed by atoms with van der Waals surface area (Å²) in [4.78, 5) is 16.0. The largest absolute Gasteiger partial charge is 0.461 e. The Labute approximate surface area is 114 Å². The first-order chi connectivity index (χ1) is 9.11. The topological polar surface area (TPSA) is 51.2 Å². The summed E-state index contributed by atoms with van der Waals surface area (Å²) in [5.41, 5.74) is 2.88. The Morgan fingerprint density at radius 1 is 1.58 bits per heavy atom. The molecule has 104 valence electrons. The van der Waals surface area contributed by atoms with Crippen LogP contribution >= 0.6 is 0 Å². The second-order valence-electron chi connectivity index (χ2n) is 5.45. The summed E-state index contributed by atoms with van der Waals surface area (Å²) in [6.45, 7) is 8.44. The van der Waals surface area contributed by atoms with Gasteiger partial charge >= 0.3 is 5.97 Å². The summed E-state index contributed by atoms with van der Waals surface area (Å²) in [5, 5.41) is 3.41. The summed E-state index contributed by atoms with van der Waals surface area (Å²) in [6, 6.07) is 1.92. The van der Waals surface area contributed by atoms with Gasteiger partial charge < -0.3 is 10.1 Å². The number of aromatic nitrogens is 1. The Morgan fingerprint density at radius 2 is 2.37 bits per heavy atom. The van der Waals surface area contributed by atoms with E-state index in [1.807, 2.05) is 13.0 Å². The van der Waals surface area contributed by atoms with E-state index in [4.69, 9.17) is 4.74 Å². The minimum Gasteiger partial charge on any atom is -0.461 e. The molecule has 1 aliphatic heterocycles. The molecule has 0 spiro atoms. The molecule has 2 rings (SSSR count). The first-order valence-electron chi connectivity index (χ1n) is 6.98. The van der Waals surface area contributed by atoms with Gasteiger partial charge in [0.05, 0.1) is 6.61 Å². The van der Waals surface area contributed by atoms with Crippen molar-refractivity contribution < 1.29 is 9.53 Å². The van der Waals surface area contributed by atoms with Crippen molar-refractivity contribution in [3.63, 3.8) is 0 Å². The summed E-state index contributed by atoms with van der Waals surface area (Å²) >= 11 is 0. The highest BCUT2D eigenvalue weighted by Crippen LogP contribution is 2.29. The molecular formula is C15H22N2O2. The van der Waals surface area contributed by atoms with Crippen molar-refractivity contribution in [2.45, 2.75) is 39.7 Å². The number of hydrogen-bond donors (Lipinski definition) is 1. The molecule has 0 radical (unpaired) electrons. The number of nitrogens with one attached hydrogen (secondary N) is 1. The Balaban J connectivity index is 2.27. The van der Waals surface area contributed by atoms with E-state index in [9.17, 15) is 4.79 Å². The van der Waals surface area contributed by atoms with Crippen LogP contribution < -0.4 is 5.32 Å². The number of esters is 1. The number of hydrogen-bond acceptors (Lipinski definition) is 4. The number of carbonyl (C=O) groups is 1. The lowest BCUT2D eigenvalue weighted by molar-refractivity contribution is 0.0519. The predicted molar refractivity (Wildman–Crippen MR) is 74.1 cm³/mol. The molecule has 19 heavy (non-hydrogen) atoms. The average molecular weight is 262 g/mol. The van der Waals surface area contributed by atoms with Gasteiger partial charge in [0.1, 0.15) is 5.69 Å². The van der Waals surface area contributed by atoms with Gasteiger partial charge in [0.25, 0.3) is 0 Å². The van der Waals surface area contributed by atoms with Crippen LogP contribution in [0.25, 0.3) is 0 Å². The van der Waals surface area contributed by atoms with Gasteiger partial charge in [-0.3, -0.25) is 0 Å². The van der Waals surface area contributed by atoms with Gasteiger partial charge in [0.2, 0.25) is 0 Å². The van der Waals surface area contributed by atoms with Gasteiger partial charge in [-0.1, -0.05) is 13.8 Å². The number of pyridine rings is 1. The van der Waals surface area contributed by atoms with E-state index in [0.717, 1.165) is 19.5 Å². The summed E-state index contributed by atoms with van der Waals surface area (Å²) < 4.78 is 5.02. The zero-order valence-corrected chi connectivity index (χ0v) is 11.9. The third-order valence-electron chi connectivity index (χ3n) is 3.41. The Hall–Kier alpha value is -1.42. The predicted octanol–water partition coefficient (Wildman–Crippen LogP) is 2.49. The highest BCUT2D eigenvalue weighted by Gasteiger charge is 2.23. The van der Waals surface area contributed by atoms with Crippen molar-refractivity contribution in [1.82, 2.24) is 10.3 Å². The molecular weight excluding hydrogens is 240 g/mol. The minimum absolute atomic E-state index is 0.327. The summed E-state index contributed by atoms with van der Waals surface area (Å²) in [5.74, 6) is 0.768. The molecule has 1 N–H and O–H groups in total. The van der Waals surface area contributed by atoms with Crippen molar-refractivity contribution >= 4 is 5.97 Å². The fraction of sp³-hybridized carbons (Fsp3) is 0.600. The average Bonchev–Trinajstić information content (AvgIpc) is 2.38. The molecule has 4 nitrogen and oxygen atoms in total. The molecule has 4 heteroatoms. The molecule has 0 bridgehead atoms. The van der Waals surface area contributed by atoms with Crippen LogP contribution in [-0.4, -0.2) is 24.1 Å². The fourth-order valence-electron chi connectivity index (χ4n) is 2.61. The molecule has 1 atom stereocenters. The van der Waals surface area contributed by atoms with E-state index in [1.165, 1.54) is 11.1 Å². The van der Waals surface area contributed by atoms with E-state index >= 15 is 0 Å². The van der Waals surface area contributed by atoms with Crippen molar-refractivity contribution in [2.24, 2.45) is 5.92 Å². The Morgan fingerprint density at radius 3 is 3.05 bits per heavy atom. The van der Waals surface area contributed by atoms with Gasteiger partial charge in [-0.05, 0) is 42.4 Å². The third-order valence-corrected chi connectivity index (χ3v) is 3.41.